The van der Waals surface area contributed by atoms with Crippen LogP contribution in [0, 0.1) is 0 Å². The molecule has 0 atom stereocenters. The maximum absolute atomic E-state index is 13.4. The van der Waals surface area contributed by atoms with Gasteiger partial charge in [-0.1, -0.05) is 54.1 Å². The fraction of sp³-hybridized carbons (Fsp3) is 0.259. The molecule has 3 aromatic carbocycles. The molecule has 6 heteroatoms. The molecular formula is C27H30ClN3O2. The minimum Gasteiger partial charge on any atom is -0.378 e. The first-order valence-corrected chi connectivity index (χ1v) is 11.2. The molecule has 33 heavy (non-hydrogen) atoms. The highest BCUT2D eigenvalue weighted by Crippen LogP contribution is 2.24. The maximum atomic E-state index is 13.4. The number of nitrogens with zero attached hydrogens (tertiary/aromatic N) is 2. The van der Waals surface area contributed by atoms with E-state index in [0.29, 0.717) is 17.3 Å². The van der Waals surface area contributed by atoms with Crippen LogP contribution in [-0.4, -0.2) is 36.3 Å². The van der Waals surface area contributed by atoms with Crippen molar-refractivity contribution < 1.29 is 9.59 Å². The number of hydrogen-bond donors (Lipinski definition) is 1. The average molecular weight is 464 g/mol. The number of halogens is 1. The molecule has 1 N–H and O–H groups in total. The third-order valence-corrected chi connectivity index (χ3v) is 5.88. The first-order valence-electron chi connectivity index (χ1n) is 10.8. The first-order chi connectivity index (χ1) is 15.7. The minimum atomic E-state index is -1.09. The van der Waals surface area contributed by atoms with Gasteiger partial charge in [-0.2, -0.15) is 0 Å². The summed E-state index contributed by atoms with van der Waals surface area (Å²) in [4.78, 5) is 30.4. The van der Waals surface area contributed by atoms with Crippen molar-refractivity contribution in [1.82, 2.24) is 4.90 Å². The predicted octanol–water partition coefficient (Wildman–Crippen LogP) is 5.39. The molecule has 0 aliphatic carbocycles. The van der Waals surface area contributed by atoms with Crippen LogP contribution in [0.25, 0.3) is 0 Å². The van der Waals surface area contributed by atoms with E-state index in [1.165, 1.54) is 0 Å². The second-order valence-corrected chi connectivity index (χ2v) is 9.16. The summed E-state index contributed by atoms with van der Waals surface area (Å²) in [6.45, 7) is 3.84. The summed E-state index contributed by atoms with van der Waals surface area (Å²) < 4.78 is 0. The number of carbonyl (C=O) groups excluding carboxylic acids is 2. The Labute approximate surface area is 201 Å². The molecule has 2 amide bonds. The van der Waals surface area contributed by atoms with Crippen molar-refractivity contribution in [1.29, 1.82) is 0 Å². The third kappa shape index (κ3) is 6.36. The van der Waals surface area contributed by atoms with E-state index in [-0.39, 0.29) is 18.2 Å². The average Bonchev–Trinajstić information content (AvgIpc) is 2.79. The zero-order valence-electron chi connectivity index (χ0n) is 19.5. The fourth-order valence-electron chi connectivity index (χ4n) is 3.49. The summed E-state index contributed by atoms with van der Waals surface area (Å²) in [6.07, 6.45) is 0.211. The number of rotatable bonds is 8. The van der Waals surface area contributed by atoms with Gasteiger partial charge in [0.2, 0.25) is 11.8 Å². The monoisotopic (exact) mass is 463 g/mol. The van der Waals surface area contributed by atoms with Gasteiger partial charge in [-0.05, 0) is 61.4 Å². The molecule has 5 nitrogen and oxygen atoms in total. The van der Waals surface area contributed by atoms with E-state index >= 15 is 0 Å². The van der Waals surface area contributed by atoms with Crippen molar-refractivity contribution in [2.24, 2.45) is 0 Å². The summed E-state index contributed by atoms with van der Waals surface area (Å²) in [6, 6.07) is 24.5. The molecule has 0 bridgehead atoms. The largest absolute Gasteiger partial charge is 0.378 e. The highest BCUT2D eigenvalue weighted by atomic mass is 35.5. The van der Waals surface area contributed by atoms with Crippen molar-refractivity contribution in [3.63, 3.8) is 0 Å². The summed E-state index contributed by atoms with van der Waals surface area (Å²) in [5.74, 6) is -0.380. The van der Waals surface area contributed by atoms with Gasteiger partial charge in [0.25, 0.3) is 0 Å². The van der Waals surface area contributed by atoms with E-state index in [0.717, 1.165) is 16.8 Å². The van der Waals surface area contributed by atoms with E-state index in [1.54, 1.807) is 30.9 Å². The normalized spacial score (nSPS) is 11.1. The lowest BCUT2D eigenvalue weighted by Crippen LogP contribution is -2.55. The van der Waals surface area contributed by atoms with E-state index in [1.807, 2.05) is 85.7 Å². The number of anilines is 2. The van der Waals surface area contributed by atoms with Crippen LogP contribution < -0.4 is 10.2 Å². The first kappa shape index (κ1) is 24.3. The highest BCUT2D eigenvalue weighted by molar-refractivity contribution is 6.30. The molecule has 0 aliphatic rings. The quantitative estimate of drug-likeness (QED) is 0.487. The number of amides is 2. The Morgan fingerprint density at radius 2 is 1.45 bits per heavy atom. The Balaban J connectivity index is 1.84. The van der Waals surface area contributed by atoms with Gasteiger partial charge in [0.15, 0.2) is 0 Å². The molecule has 0 heterocycles. The number of benzene rings is 3. The van der Waals surface area contributed by atoms with Crippen LogP contribution in [0.3, 0.4) is 0 Å². The lowest BCUT2D eigenvalue weighted by atomic mass is 9.98. The molecular weight excluding hydrogens is 434 g/mol. The lowest BCUT2D eigenvalue weighted by Gasteiger charge is -2.37. The van der Waals surface area contributed by atoms with Crippen LogP contribution >= 0.6 is 11.6 Å². The van der Waals surface area contributed by atoms with E-state index in [9.17, 15) is 9.59 Å². The Hall–Kier alpha value is -3.31. The van der Waals surface area contributed by atoms with Crippen LogP contribution in [0.15, 0.2) is 78.9 Å². The van der Waals surface area contributed by atoms with Gasteiger partial charge in [-0.25, -0.2) is 0 Å². The van der Waals surface area contributed by atoms with Crippen molar-refractivity contribution >= 4 is 34.8 Å². The molecule has 0 radical (unpaired) electrons. The Bertz CT molecular complexity index is 1080. The van der Waals surface area contributed by atoms with Gasteiger partial charge >= 0.3 is 0 Å². The zero-order valence-corrected chi connectivity index (χ0v) is 20.3. The maximum Gasteiger partial charge on any atom is 0.249 e. The second-order valence-electron chi connectivity index (χ2n) is 8.72. The van der Waals surface area contributed by atoms with Gasteiger partial charge in [-0.15, -0.1) is 0 Å². The Morgan fingerprint density at radius 3 is 2.03 bits per heavy atom. The zero-order chi connectivity index (χ0) is 24.0. The molecule has 0 spiro atoms. The van der Waals surface area contributed by atoms with Crippen molar-refractivity contribution in [2.75, 3.05) is 24.3 Å². The molecule has 172 valence electrons. The molecule has 0 aromatic heterocycles. The minimum absolute atomic E-state index is 0.126. The SMILES string of the molecule is CN(C)c1ccc(NC(=O)C(C)(C)N(Cc2ccc(Cl)cc2)C(=O)Cc2ccccc2)cc1. The van der Waals surface area contributed by atoms with Crippen LogP contribution in [0.2, 0.25) is 5.02 Å². The van der Waals surface area contributed by atoms with Crippen molar-refractivity contribution in [3.8, 4) is 0 Å². The molecule has 0 saturated carbocycles. The van der Waals surface area contributed by atoms with Gasteiger partial charge in [-0.3, -0.25) is 9.59 Å². The fourth-order valence-corrected chi connectivity index (χ4v) is 3.61. The van der Waals surface area contributed by atoms with Gasteiger partial charge in [0, 0.05) is 37.0 Å². The summed E-state index contributed by atoms with van der Waals surface area (Å²) in [5, 5.41) is 3.59. The number of nitrogens with one attached hydrogen (secondary N) is 1. The van der Waals surface area contributed by atoms with Gasteiger partial charge in [0.1, 0.15) is 5.54 Å². The third-order valence-electron chi connectivity index (χ3n) is 5.63. The Morgan fingerprint density at radius 1 is 0.848 bits per heavy atom. The molecule has 0 unspecified atom stereocenters. The molecule has 0 saturated heterocycles. The number of hydrogen-bond acceptors (Lipinski definition) is 3. The van der Waals surface area contributed by atoms with E-state index in [2.05, 4.69) is 5.32 Å². The predicted molar refractivity (Wildman–Crippen MR) is 136 cm³/mol. The van der Waals surface area contributed by atoms with Crippen LogP contribution in [-0.2, 0) is 22.6 Å². The van der Waals surface area contributed by atoms with Gasteiger partial charge < -0.3 is 15.1 Å². The van der Waals surface area contributed by atoms with Crippen LogP contribution in [0.1, 0.15) is 25.0 Å². The summed E-state index contributed by atoms with van der Waals surface area (Å²) in [5.41, 5.74) is 2.43. The Kier molecular flexibility index (Phi) is 7.77. The molecule has 3 rings (SSSR count). The van der Waals surface area contributed by atoms with Crippen LogP contribution in [0.4, 0.5) is 11.4 Å². The second kappa shape index (κ2) is 10.5. The van der Waals surface area contributed by atoms with Gasteiger partial charge in [0.05, 0.1) is 6.42 Å². The highest BCUT2D eigenvalue weighted by Gasteiger charge is 2.37. The smallest absolute Gasteiger partial charge is 0.249 e. The van der Waals surface area contributed by atoms with Crippen molar-refractivity contribution in [3.05, 3.63) is 95.0 Å². The molecule has 3 aromatic rings. The van der Waals surface area contributed by atoms with Crippen LogP contribution in [0.5, 0.6) is 0 Å². The summed E-state index contributed by atoms with van der Waals surface area (Å²) in [7, 11) is 3.92. The van der Waals surface area contributed by atoms with Crippen molar-refractivity contribution in [2.45, 2.75) is 32.4 Å². The van der Waals surface area contributed by atoms with E-state index < -0.39 is 5.54 Å². The topological polar surface area (TPSA) is 52.7 Å². The summed E-state index contributed by atoms with van der Waals surface area (Å²) >= 11 is 6.03. The standard InChI is InChI=1S/C27H30ClN3O2/c1-27(2,26(33)29-23-14-16-24(17-15-23)30(3)4)31(19-21-10-12-22(28)13-11-21)25(32)18-20-8-6-5-7-9-20/h5-17H,18-19H2,1-4H3,(H,29,33). The molecule has 0 fully saturated rings. The number of carbonyl (C=O) groups is 2. The lowest BCUT2D eigenvalue weighted by molar-refractivity contribution is -0.144. The molecule has 0 aliphatic heterocycles. The van der Waals surface area contributed by atoms with E-state index in [4.69, 9.17) is 11.6 Å².